The van der Waals surface area contributed by atoms with E-state index < -0.39 is 0 Å². The molecule has 2 amide bonds. The minimum absolute atomic E-state index is 0.189. The Bertz CT molecular complexity index is 479. The summed E-state index contributed by atoms with van der Waals surface area (Å²) >= 11 is 3.44. The number of hydrogen-bond donors (Lipinski definition) is 3. The van der Waals surface area contributed by atoms with Gasteiger partial charge >= 0.3 is 6.03 Å². The lowest BCUT2D eigenvalue weighted by atomic mass is 9.87. The van der Waals surface area contributed by atoms with Gasteiger partial charge in [0.05, 0.1) is 6.10 Å². The molecule has 20 heavy (non-hydrogen) atoms. The number of carbonyl (C=O) groups is 1. The van der Waals surface area contributed by atoms with Crippen LogP contribution in [-0.2, 0) is 0 Å². The van der Waals surface area contributed by atoms with Crippen molar-refractivity contribution in [2.45, 2.75) is 38.7 Å². The van der Waals surface area contributed by atoms with Crippen molar-refractivity contribution in [3.63, 3.8) is 0 Å². The fourth-order valence-electron chi connectivity index (χ4n) is 2.59. The fraction of sp³-hybridized carbons (Fsp3) is 0.533. The molecular weight excluding hydrogens is 320 g/mol. The summed E-state index contributed by atoms with van der Waals surface area (Å²) in [5, 5.41) is 15.4. The Morgan fingerprint density at radius 1 is 1.45 bits per heavy atom. The fourth-order valence-corrected chi connectivity index (χ4v) is 2.96. The average Bonchev–Trinajstić information content (AvgIpc) is 2.42. The Hall–Kier alpha value is -1.07. The van der Waals surface area contributed by atoms with E-state index in [0.29, 0.717) is 12.5 Å². The van der Waals surface area contributed by atoms with Gasteiger partial charge in [0.2, 0.25) is 0 Å². The first kappa shape index (κ1) is 15.3. The molecule has 1 fully saturated rings. The van der Waals surface area contributed by atoms with E-state index in [4.69, 9.17) is 0 Å². The number of aliphatic hydroxyl groups is 1. The molecule has 1 aliphatic rings. The van der Waals surface area contributed by atoms with E-state index in [0.717, 1.165) is 41.4 Å². The van der Waals surface area contributed by atoms with E-state index in [1.807, 2.05) is 25.1 Å². The minimum atomic E-state index is -0.203. The summed E-state index contributed by atoms with van der Waals surface area (Å²) in [4.78, 5) is 11.9. The maximum absolute atomic E-state index is 11.9. The lowest BCUT2D eigenvalue weighted by Gasteiger charge is -2.26. The molecule has 110 valence electrons. The molecule has 2 rings (SSSR count). The molecule has 1 aliphatic carbocycles. The minimum Gasteiger partial charge on any atom is -0.393 e. The van der Waals surface area contributed by atoms with Crippen LogP contribution >= 0.6 is 15.9 Å². The van der Waals surface area contributed by atoms with Crippen molar-refractivity contribution in [2.24, 2.45) is 5.92 Å². The second-order valence-electron chi connectivity index (χ2n) is 5.43. The van der Waals surface area contributed by atoms with Gasteiger partial charge in [-0.25, -0.2) is 4.79 Å². The highest BCUT2D eigenvalue weighted by molar-refractivity contribution is 9.10. The number of rotatable bonds is 3. The summed E-state index contributed by atoms with van der Waals surface area (Å²) in [5.41, 5.74) is 1.82. The van der Waals surface area contributed by atoms with Crippen molar-refractivity contribution < 1.29 is 9.90 Å². The van der Waals surface area contributed by atoms with E-state index in [1.165, 1.54) is 0 Å². The zero-order valence-corrected chi connectivity index (χ0v) is 13.2. The van der Waals surface area contributed by atoms with E-state index in [-0.39, 0.29) is 12.1 Å². The van der Waals surface area contributed by atoms with Crippen LogP contribution in [-0.4, -0.2) is 23.8 Å². The molecule has 0 spiro atoms. The number of hydrogen-bond acceptors (Lipinski definition) is 2. The molecule has 0 radical (unpaired) electrons. The van der Waals surface area contributed by atoms with Crippen LogP contribution in [0.3, 0.4) is 0 Å². The molecule has 2 unspecified atom stereocenters. The molecule has 2 atom stereocenters. The molecule has 3 N–H and O–H groups in total. The van der Waals surface area contributed by atoms with Gasteiger partial charge in [0.25, 0.3) is 0 Å². The summed E-state index contributed by atoms with van der Waals surface area (Å²) in [6.45, 7) is 2.58. The van der Waals surface area contributed by atoms with Gasteiger partial charge in [-0.15, -0.1) is 0 Å². The Kier molecular flexibility index (Phi) is 5.43. The van der Waals surface area contributed by atoms with Gasteiger partial charge in [0, 0.05) is 16.7 Å². The Balaban J connectivity index is 1.82. The monoisotopic (exact) mass is 340 g/mol. The van der Waals surface area contributed by atoms with Crippen LogP contribution in [0.5, 0.6) is 0 Å². The van der Waals surface area contributed by atoms with Crippen molar-refractivity contribution in [1.29, 1.82) is 0 Å². The summed E-state index contributed by atoms with van der Waals surface area (Å²) in [7, 11) is 0. The van der Waals surface area contributed by atoms with Crippen LogP contribution in [0.4, 0.5) is 10.5 Å². The van der Waals surface area contributed by atoms with Crippen molar-refractivity contribution >= 4 is 27.6 Å². The third-order valence-electron chi connectivity index (χ3n) is 3.82. The number of urea groups is 1. The SMILES string of the molecule is Cc1c(Br)cccc1NC(=O)NCC1CCCC(O)C1. The molecule has 0 aromatic heterocycles. The first-order chi connectivity index (χ1) is 9.56. The number of benzene rings is 1. The van der Waals surface area contributed by atoms with Crippen molar-refractivity contribution in [3.05, 3.63) is 28.2 Å². The van der Waals surface area contributed by atoms with E-state index in [1.54, 1.807) is 0 Å². The van der Waals surface area contributed by atoms with Gasteiger partial charge in [0.15, 0.2) is 0 Å². The first-order valence-corrected chi connectivity index (χ1v) is 7.83. The van der Waals surface area contributed by atoms with Gasteiger partial charge in [-0.2, -0.15) is 0 Å². The lowest BCUT2D eigenvalue weighted by Crippen LogP contribution is -2.35. The molecule has 1 aromatic carbocycles. The summed E-state index contributed by atoms with van der Waals surface area (Å²) in [5.74, 6) is 0.383. The van der Waals surface area contributed by atoms with Crippen molar-refractivity contribution in [3.8, 4) is 0 Å². The molecule has 0 aliphatic heterocycles. The van der Waals surface area contributed by atoms with Crippen molar-refractivity contribution in [2.75, 3.05) is 11.9 Å². The zero-order chi connectivity index (χ0) is 14.5. The van der Waals surface area contributed by atoms with Gasteiger partial charge in [-0.1, -0.05) is 28.4 Å². The molecule has 0 heterocycles. The highest BCUT2D eigenvalue weighted by Crippen LogP contribution is 2.24. The first-order valence-electron chi connectivity index (χ1n) is 7.04. The second-order valence-corrected chi connectivity index (χ2v) is 6.29. The van der Waals surface area contributed by atoms with Crippen LogP contribution in [0.15, 0.2) is 22.7 Å². The van der Waals surface area contributed by atoms with Gasteiger partial charge in [-0.3, -0.25) is 0 Å². The maximum atomic E-state index is 11.9. The van der Waals surface area contributed by atoms with E-state index in [9.17, 15) is 9.90 Å². The number of amides is 2. The van der Waals surface area contributed by atoms with Crippen LogP contribution < -0.4 is 10.6 Å². The average molecular weight is 341 g/mol. The number of carbonyl (C=O) groups excluding carboxylic acids is 1. The molecule has 4 nitrogen and oxygen atoms in total. The van der Waals surface area contributed by atoms with Gasteiger partial charge in [0.1, 0.15) is 0 Å². The number of nitrogens with one attached hydrogen (secondary N) is 2. The number of aliphatic hydroxyl groups excluding tert-OH is 1. The standard InChI is InChI=1S/C15H21BrN2O2/c1-10-13(16)6-3-7-14(10)18-15(20)17-9-11-4-2-5-12(19)8-11/h3,6-7,11-12,19H,2,4-5,8-9H2,1H3,(H2,17,18,20). The Morgan fingerprint density at radius 2 is 2.25 bits per heavy atom. The van der Waals surface area contributed by atoms with Crippen LogP contribution in [0.2, 0.25) is 0 Å². The summed E-state index contributed by atoms with van der Waals surface area (Å²) in [6.07, 6.45) is 3.59. The molecular formula is C15H21BrN2O2. The van der Waals surface area contributed by atoms with Crippen LogP contribution in [0, 0.1) is 12.8 Å². The predicted molar refractivity (Wildman–Crippen MR) is 83.9 cm³/mol. The summed E-state index contributed by atoms with van der Waals surface area (Å²) in [6, 6.07) is 5.53. The van der Waals surface area contributed by atoms with E-state index >= 15 is 0 Å². The quantitative estimate of drug-likeness (QED) is 0.789. The number of halogens is 1. The number of anilines is 1. The Labute approximate surface area is 128 Å². The smallest absolute Gasteiger partial charge is 0.319 e. The van der Waals surface area contributed by atoms with Crippen LogP contribution in [0.1, 0.15) is 31.2 Å². The molecule has 1 saturated carbocycles. The highest BCUT2D eigenvalue weighted by Gasteiger charge is 2.20. The lowest BCUT2D eigenvalue weighted by molar-refractivity contribution is 0.101. The Morgan fingerprint density at radius 3 is 3.00 bits per heavy atom. The third kappa shape index (κ3) is 4.21. The molecule has 5 heteroatoms. The highest BCUT2D eigenvalue weighted by atomic mass is 79.9. The van der Waals surface area contributed by atoms with Gasteiger partial charge < -0.3 is 15.7 Å². The van der Waals surface area contributed by atoms with Crippen LogP contribution in [0.25, 0.3) is 0 Å². The maximum Gasteiger partial charge on any atom is 0.319 e. The van der Waals surface area contributed by atoms with E-state index in [2.05, 4.69) is 26.6 Å². The predicted octanol–water partition coefficient (Wildman–Crippen LogP) is 3.43. The van der Waals surface area contributed by atoms with Gasteiger partial charge in [-0.05, 0) is 49.8 Å². The normalized spacial score (nSPS) is 22.4. The second kappa shape index (κ2) is 7.09. The van der Waals surface area contributed by atoms with Crippen molar-refractivity contribution in [1.82, 2.24) is 5.32 Å². The summed E-state index contributed by atoms with van der Waals surface area (Å²) < 4.78 is 0.978. The third-order valence-corrected chi connectivity index (χ3v) is 4.68. The molecule has 1 aromatic rings. The largest absolute Gasteiger partial charge is 0.393 e. The topological polar surface area (TPSA) is 61.4 Å². The molecule has 0 saturated heterocycles. The molecule has 0 bridgehead atoms. The zero-order valence-electron chi connectivity index (χ0n) is 11.7.